The molecule has 0 unspecified atom stereocenters. The summed E-state index contributed by atoms with van der Waals surface area (Å²) in [6.07, 6.45) is 6.90. The van der Waals surface area contributed by atoms with E-state index < -0.39 is 0 Å². The first kappa shape index (κ1) is 15.7. The van der Waals surface area contributed by atoms with Crippen molar-refractivity contribution < 1.29 is 4.74 Å². The van der Waals surface area contributed by atoms with E-state index >= 15 is 0 Å². The van der Waals surface area contributed by atoms with E-state index in [-0.39, 0.29) is 0 Å². The SMILES string of the molecule is Cc1nc(CN2CCOC[C@@H](Cc3nccn4cccc34)C2)cs1. The molecule has 0 N–H and O–H groups in total. The van der Waals surface area contributed by atoms with Crippen LogP contribution in [0, 0.1) is 12.8 Å². The molecule has 1 saturated heterocycles. The number of rotatable bonds is 4. The minimum atomic E-state index is 0.459. The molecule has 5 nitrogen and oxygen atoms in total. The molecule has 0 bridgehead atoms. The van der Waals surface area contributed by atoms with Crippen LogP contribution in [0.25, 0.3) is 5.52 Å². The number of aryl methyl sites for hydroxylation is 1. The van der Waals surface area contributed by atoms with Crippen molar-refractivity contribution in [2.75, 3.05) is 26.3 Å². The maximum atomic E-state index is 5.85. The summed E-state index contributed by atoms with van der Waals surface area (Å²) in [5.41, 5.74) is 3.52. The number of nitrogens with zero attached hydrogens (tertiary/aromatic N) is 4. The van der Waals surface area contributed by atoms with Crippen molar-refractivity contribution in [3.05, 3.63) is 52.5 Å². The van der Waals surface area contributed by atoms with Crippen molar-refractivity contribution in [1.29, 1.82) is 0 Å². The first-order valence-electron chi connectivity index (χ1n) is 8.39. The van der Waals surface area contributed by atoms with Gasteiger partial charge in [-0.25, -0.2) is 4.98 Å². The number of hydrogen-bond acceptors (Lipinski definition) is 5. The number of fused-ring (bicyclic) bond motifs is 1. The van der Waals surface area contributed by atoms with Crippen molar-refractivity contribution in [2.24, 2.45) is 5.92 Å². The smallest absolute Gasteiger partial charge is 0.0897 e. The standard InChI is InChI=1S/C18H22N4OS/c1-14-20-16(13-24-14)11-21-7-8-23-12-15(10-21)9-17-18-3-2-5-22(18)6-4-19-17/h2-6,13,15H,7-12H2,1H3/t15-/m0/s1. The summed E-state index contributed by atoms with van der Waals surface area (Å²) in [6.45, 7) is 6.56. The quantitative estimate of drug-likeness (QED) is 0.731. The monoisotopic (exact) mass is 342 g/mol. The van der Waals surface area contributed by atoms with Gasteiger partial charge in [-0.2, -0.15) is 0 Å². The fourth-order valence-electron chi connectivity index (χ4n) is 3.39. The van der Waals surface area contributed by atoms with E-state index in [0.717, 1.165) is 50.0 Å². The maximum absolute atomic E-state index is 5.85. The Morgan fingerprint density at radius 2 is 2.33 bits per heavy atom. The van der Waals surface area contributed by atoms with E-state index in [1.807, 2.05) is 12.4 Å². The third-order valence-electron chi connectivity index (χ3n) is 4.49. The van der Waals surface area contributed by atoms with Gasteiger partial charge in [0, 0.05) is 49.5 Å². The summed E-state index contributed by atoms with van der Waals surface area (Å²) in [5, 5.41) is 3.30. The molecule has 0 aliphatic carbocycles. The lowest BCUT2D eigenvalue weighted by Crippen LogP contribution is -2.30. The summed E-state index contributed by atoms with van der Waals surface area (Å²) >= 11 is 1.72. The van der Waals surface area contributed by atoms with Crippen molar-refractivity contribution in [3.63, 3.8) is 0 Å². The molecule has 0 amide bonds. The van der Waals surface area contributed by atoms with Crippen LogP contribution in [0.15, 0.2) is 36.1 Å². The molecule has 0 spiro atoms. The van der Waals surface area contributed by atoms with Crippen LogP contribution in [0.5, 0.6) is 0 Å². The topological polar surface area (TPSA) is 42.7 Å². The third kappa shape index (κ3) is 3.50. The van der Waals surface area contributed by atoms with E-state index in [0.29, 0.717) is 5.92 Å². The van der Waals surface area contributed by atoms with Crippen LogP contribution >= 0.6 is 11.3 Å². The average molecular weight is 342 g/mol. The lowest BCUT2D eigenvalue weighted by molar-refractivity contribution is 0.121. The number of hydrogen-bond donors (Lipinski definition) is 0. The molecule has 6 heteroatoms. The molecule has 3 aromatic rings. The van der Waals surface area contributed by atoms with Gasteiger partial charge >= 0.3 is 0 Å². The second-order valence-electron chi connectivity index (χ2n) is 6.41. The summed E-state index contributed by atoms with van der Waals surface area (Å²) in [6, 6.07) is 4.21. The molecule has 24 heavy (non-hydrogen) atoms. The molecule has 4 rings (SSSR count). The highest BCUT2D eigenvalue weighted by atomic mass is 32.1. The average Bonchev–Trinajstić information content (AvgIpc) is 3.15. The Bertz CT molecular complexity index is 812. The van der Waals surface area contributed by atoms with Crippen LogP contribution in [0.2, 0.25) is 0 Å². The Morgan fingerprint density at radius 3 is 3.21 bits per heavy atom. The van der Waals surface area contributed by atoms with Gasteiger partial charge in [-0.05, 0) is 25.5 Å². The van der Waals surface area contributed by atoms with E-state index in [9.17, 15) is 0 Å². The lowest BCUT2D eigenvalue weighted by atomic mass is 10.0. The number of aromatic nitrogens is 3. The van der Waals surface area contributed by atoms with Gasteiger partial charge in [-0.1, -0.05) is 0 Å². The molecule has 4 heterocycles. The highest BCUT2D eigenvalue weighted by Gasteiger charge is 2.21. The Morgan fingerprint density at radius 1 is 1.38 bits per heavy atom. The molecule has 0 aromatic carbocycles. The van der Waals surface area contributed by atoms with Crippen LogP contribution in [-0.2, 0) is 17.7 Å². The van der Waals surface area contributed by atoms with Gasteiger partial charge in [0.2, 0.25) is 0 Å². The molecule has 1 fully saturated rings. The van der Waals surface area contributed by atoms with Gasteiger partial charge < -0.3 is 9.14 Å². The molecule has 0 radical (unpaired) electrons. The van der Waals surface area contributed by atoms with Crippen molar-refractivity contribution in [1.82, 2.24) is 19.3 Å². The summed E-state index contributed by atoms with van der Waals surface area (Å²) < 4.78 is 7.99. The Hall–Kier alpha value is -1.76. The Kier molecular flexibility index (Phi) is 4.60. The summed E-state index contributed by atoms with van der Waals surface area (Å²) in [4.78, 5) is 11.7. The fourth-order valence-corrected chi connectivity index (χ4v) is 3.99. The van der Waals surface area contributed by atoms with E-state index in [2.05, 4.69) is 49.9 Å². The zero-order valence-electron chi connectivity index (χ0n) is 13.9. The second kappa shape index (κ2) is 7.01. The molecule has 0 saturated carbocycles. The van der Waals surface area contributed by atoms with Gasteiger partial charge in [0.1, 0.15) is 0 Å². The second-order valence-corrected chi connectivity index (χ2v) is 7.47. The van der Waals surface area contributed by atoms with Crippen LogP contribution < -0.4 is 0 Å². The van der Waals surface area contributed by atoms with Crippen LogP contribution in [0.4, 0.5) is 0 Å². The van der Waals surface area contributed by atoms with Crippen LogP contribution in [-0.4, -0.2) is 45.6 Å². The molecule has 3 aromatic heterocycles. The van der Waals surface area contributed by atoms with Crippen LogP contribution in [0.3, 0.4) is 0 Å². The first-order valence-corrected chi connectivity index (χ1v) is 9.27. The molecule has 1 aliphatic heterocycles. The van der Waals surface area contributed by atoms with Gasteiger partial charge in [0.25, 0.3) is 0 Å². The van der Waals surface area contributed by atoms with Gasteiger partial charge in [-0.15, -0.1) is 11.3 Å². The normalized spacial score (nSPS) is 19.6. The molecule has 1 atom stereocenters. The van der Waals surface area contributed by atoms with E-state index in [1.54, 1.807) is 11.3 Å². The highest BCUT2D eigenvalue weighted by molar-refractivity contribution is 7.09. The predicted octanol–water partition coefficient (Wildman–Crippen LogP) is 2.79. The highest BCUT2D eigenvalue weighted by Crippen LogP contribution is 2.18. The van der Waals surface area contributed by atoms with Crippen molar-refractivity contribution >= 4 is 16.9 Å². The van der Waals surface area contributed by atoms with Gasteiger partial charge in [-0.3, -0.25) is 9.88 Å². The minimum absolute atomic E-state index is 0.459. The van der Waals surface area contributed by atoms with E-state index in [4.69, 9.17) is 4.74 Å². The molecular formula is C18H22N4OS. The largest absolute Gasteiger partial charge is 0.380 e. The minimum Gasteiger partial charge on any atom is -0.380 e. The summed E-state index contributed by atoms with van der Waals surface area (Å²) in [7, 11) is 0. The van der Waals surface area contributed by atoms with Crippen molar-refractivity contribution in [2.45, 2.75) is 19.9 Å². The predicted molar refractivity (Wildman–Crippen MR) is 95.3 cm³/mol. The summed E-state index contributed by atoms with van der Waals surface area (Å²) in [5.74, 6) is 0.459. The van der Waals surface area contributed by atoms with Gasteiger partial charge in [0.05, 0.1) is 35.1 Å². The molecule has 126 valence electrons. The van der Waals surface area contributed by atoms with E-state index in [1.165, 1.54) is 11.2 Å². The fraction of sp³-hybridized carbons (Fsp3) is 0.444. The Labute approximate surface area is 145 Å². The van der Waals surface area contributed by atoms with Gasteiger partial charge in [0.15, 0.2) is 0 Å². The maximum Gasteiger partial charge on any atom is 0.0897 e. The molecular weight excluding hydrogens is 320 g/mol. The third-order valence-corrected chi connectivity index (χ3v) is 5.31. The van der Waals surface area contributed by atoms with Crippen LogP contribution in [0.1, 0.15) is 16.4 Å². The zero-order chi connectivity index (χ0) is 16.4. The molecule has 1 aliphatic rings. The first-order chi connectivity index (χ1) is 11.8. The Balaban J connectivity index is 1.47. The zero-order valence-corrected chi connectivity index (χ0v) is 14.7. The number of ether oxygens (including phenoxy) is 1. The lowest BCUT2D eigenvalue weighted by Gasteiger charge is -2.22. The van der Waals surface area contributed by atoms with Crippen molar-refractivity contribution in [3.8, 4) is 0 Å². The number of thiazole rings is 1.